The topological polar surface area (TPSA) is 17.8 Å². The number of rotatable bonds is 3. The molecule has 0 aliphatic heterocycles. The number of halogens is 1. The van der Waals surface area contributed by atoms with E-state index in [4.69, 9.17) is 0 Å². The van der Waals surface area contributed by atoms with Gasteiger partial charge in [-0.25, -0.2) is 4.98 Å². The summed E-state index contributed by atoms with van der Waals surface area (Å²) >= 11 is 3.47. The van der Waals surface area contributed by atoms with Crippen molar-refractivity contribution in [2.45, 2.75) is 25.6 Å². The van der Waals surface area contributed by atoms with E-state index in [1.54, 1.807) is 0 Å². The highest BCUT2D eigenvalue weighted by Gasteiger charge is 2.05. The van der Waals surface area contributed by atoms with Gasteiger partial charge in [-0.3, -0.25) is 0 Å². The Morgan fingerprint density at radius 2 is 2.19 bits per heavy atom. The average Bonchev–Trinajstić information content (AvgIpc) is 2.76. The first kappa shape index (κ1) is 11.4. The monoisotopic (exact) mass is 278 g/mol. The van der Waals surface area contributed by atoms with Crippen molar-refractivity contribution in [3.63, 3.8) is 0 Å². The van der Waals surface area contributed by atoms with Gasteiger partial charge in [0, 0.05) is 29.8 Å². The molecule has 2 nitrogen and oxygen atoms in total. The Labute approximate surface area is 104 Å². The molecule has 84 valence electrons. The van der Waals surface area contributed by atoms with Crippen LogP contribution in [0.15, 0.2) is 30.6 Å². The Morgan fingerprint density at radius 3 is 2.81 bits per heavy atom. The number of hydrogen-bond acceptors (Lipinski definition) is 1. The molecule has 0 bridgehead atoms. The van der Waals surface area contributed by atoms with Gasteiger partial charge in [-0.1, -0.05) is 35.0 Å². The van der Waals surface area contributed by atoms with Gasteiger partial charge < -0.3 is 4.57 Å². The fraction of sp³-hybridized carbons (Fsp3) is 0.308. The lowest BCUT2D eigenvalue weighted by Crippen LogP contribution is -2.01. The molecule has 1 aromatic carbocycles. The molecule has 0 saturated heterocycles. The third-order valence-corrected chi connectivity index (χ3v) is 3.36. The van der Waals surface area contributed by atoms with Gasteiger partial charge in [-0.15, -0.1) is 0 Å². The maximum atomic E-state index is 4.35. The molecule has 2 aromatic rings. The van der Waals surface area contributed by atoms with Crippen molar-refractivity contribution in [3.05, 3.63) is 47.5 Å². The molecule has 0 fully saturated rings. The van der Waals surface area contributed by atoms with Gasteiger partial charge >= 0.3 is 0 Å². The summed E-state index contributed by atoms with van der Waals surface area (Å²) in [6, 6.07) is 6.52. The predicted octanol–water partition coefficient (Wildman–Crippen LogP) is 3.64. The SMILES string of the molecule is CCc1nccn1-c1ccc(CBr)cc1C. The summed E-state index contributed by atoms with van der Waals surface area (Å²) in [6.45, 7) is 4.27. The first-order chi connectivity index (χ1) is 7.76. The van der Waals surface area contributed by atoms with Gasteiger partial charge in [-0.2, -0.15) is 0 Å². The van der Waals surface area contributed by atoms with Crippen LogP contribution in [-0.4, -0.2) is 9.55 Å². The fourth-order valence-corrected chi connectivity index (χ4v) is 2.24. The third-order valence-electron chi connectivity index (χ3n) is 2.71. The van der Waals surface area contributed by atoms with E-state index in [9.17, 15) is 0 Å². The van der Waals surface area contributed by atoms with Crippen molar-refractivity contribution in [2.24, 2.45) is 0 Å². The standard InChI is InChI=1S/C13H15BrN2/c1-3-13-15-6-7-16(13)12-5-4-11(9-14)8-10(12)2/h4-8H,3,9H2,1-2H3. The van der Waals surface area contributed by atoms with Crippen molar-refractivity contribution in [3.8, 4) is 5.69 Å². The van der Waals surface area contributed by atoms with Crippen LogP contribution in [0.4, 0.5) is 0 Å². The van der Waals surface area contributed by atoms with Crippen LogP contribution in [-0.2, 0) is 11.8 Å². The molecule has 2 rings (SSSR count). The molecule has 1 aromatic heterocycles. The van der Waals surface area contributed by atoms with Crippen LogP contribution in [0.1, 0.15) is 23.9 Å². The molecule has 0 unspecified atom stereocenters. The minimum atomic E-state index is 0.901. The maximum Gasteiger partial charge on any atom is 0.112 e. The molecule has 0 saturated carbocycles. The molecule has 0 atom stereocenters. The Bertz CT molecular complexity index is 488. The highest BCUT2D eigenvalue weighted by molar-refractivity contribution is 9.08. The number of imidazole rings is 1. The van der Waals surface area contributed by atoms with Gasteiger partial charge in [0.15, 0.2) is 0 Å². The average molecular weight is 279 g/mol. The van der Waals surface area contributed by atoms with E-state index in [0.29, 0.717) is 0 Å². The van der Waals surface area contributed by atoms with E-state index in [-0.39, 0.29) is 0 Å². The number of aromatic nitrogens is 2. The fourth-order valence-electron chi connectivity index (χ4n) is 1.89. The summed E-state index contributed by atoms with van der Waals surface area (Å²) in [7, 11) is 0. The van der Waals surface area contributed by atoms with Crippen LogP contribution in [0.25, 0.3) is 5.69 Å². The van der Waals surface area contributed by atoms with Crippen molar-refractivity contribution in [2.75, 3.05) is 0 Å². The van der Waals surface area contributed by atoms with E-state index in [1.807, 2.05) is 12.4 Å². The number of hydrogen-bond donors (Lipinski definition) is 0. The Morgan fingerprint density at radius 1 is 1.38 bits per heavy atom. The van der Waals surface area contributed by atoms with Crippen molar-refractivity contribution in [1.82, 2.24) is 9.55 Å². The first-order valence-corrected chi connectivity index (χ1v) is 6.56. The van der Waals surface area contributed by atoms with Crippen molar-refractivity contribution < 1.29 is 0 Å². The van der Waals surface area contributed by atoms with E-state index in [0.717, 1.165) is 17.6 Å². The number of benzene rings is 1. The number of aryl methyl sites for hydroxylation is 2. The minimum Gasteiger partial charge on any atom is -0.304 e. The van der Waals surface area contributed by atoms with Gasteiger partial charge in [-0.05, 0) is 24.1 Å². The molecule has 0 aliphatic rings. The maximum absolute atomic E-state index is 4.35. The summed E-state index contributed by atoms with van der Waals surface area (Å²) in [4.78, 5) is 4.35. The van der Waals surface area contributed by atoms with Gasteiger partial charge in [0.1, 0.15) is 5.82 Å². The smallest absolute Gasteiger partial charge is 0.112 e. The third kappa shape index (κ3) is 2.05. The number of alkyl halides is 1. The van der Waals surface area contributed by atoms with E-state index in [1.165, 1.54) is 16.8 Å². The molecule has 0 N–H and O–H groups in total. The lowest BCUT2D eigenvalue weighted by Gasteiger charge is -2.10. The highest BCUT2D eigenvalue weighted by atomic mass is 79.9. The summed E-state index contributed by atoms with van der Waals surface area (Å²) < 4.78 is 2.16. The Kier molecular flexibility index (Phi) is 3.44. The van der Waals surface area contributed by atoms with E-state index >= 15 is 0 Å². The molecular weight excluding hydrogens is 264 g/mol. The van der Waals surface area contributed by atoms with Crippen LogP contribution in [0.3, 0.4) is 0 Å². The first-order valence-electron chi connectivity index (χ1n) is 5.44. The summed E-state index contributed by atoms with van der Waals surface area (Å²) in [5.74, 6) is 1.11. The molecule has 3 heteroatoms. The van der Waals surface area contributed by atoms with Crippen LogP contribution >= 0.6 is 15.9 Å². The second-order valence-corrected chi connectivity index (χ2v) is 4.38. The van der Waals surface area contributed by atoms with Crippen LogP contribution < -0.4 is 0 Å². The summed E-state index contributed by atoms with van der Waals surface area (Å²) in [5.41, 5.74) is 3.81. The van der Waals surface area contributed by atoms with Crippen LogP contribution in [0.2, 0.25) is 0 Å². The molecule has 0 aliphatic carbocycles. The van der Waals surface area contributed by atoms with E-state index in [2.05, 4.69) is 57.5 Å². The summed E-state index contributed by atoms with van der Waals surface area (Å²) in [6.07, 6.45) is 4.83. The molecule has 1 heterocycles. The molecule has 0 spiro atoms. The van der Waals surface area contributed by atoms with Crippen molar-refractivity contribution in [1.29, 1.82) is 0 Å². The van der Waals surface area contributed by atoms with Gasteiger partial charge in [0.25, 0.3) is 0 Å². The lowest BCUT2D eigenvalue weighted by molar-refractivity contribution is 0.885. The molecular formula is C13H15BrN2. The second-order valence-electron chi connectivity index (χ2n) is 3.82. The normalized spacial score (nSPS) is 10.7. The van der Waals surface area contributed by atoms with Crippen LogP contribution in [0, 0.1) is 6.92 Å². The Hall–Kier alpha value is -1.09. The molecule has 0 radical (unpaired) electrons. The molecule has 16 heavy (non-hydrogen) atoms. The lowest BCUT2D eigenvalue weighted by atomic mass is 10.1. The minimum absolute atomic E-state index is 0.901. The predicted molar refractivity (Wildman–Crippen MR) is 70.3 cm³/mol. The Balaban J connectivity index is 2.48. The largest absolute Gasteiger partial charge is 0.304 e. The molecule has 0 amide bonds. The van der Waals surface area contributed by atoms with Gasteiger partial charge in [0.05, 0.1) is 0 Å². The zero-order valence-electron chi connectivity index (χ0n) is 9.57. The van der Waals surface area contributed by atoms with Crippen LogP contribution in [0.5, 0.6) is 0 Å². The van der Waals surface area contributed by atoms with Crippen molar-refractivity contribution >= 4 is 15.9 Å². The number of nitrogens with zero attached hydrogens (tertiary/aromatic N) is 2. The quantitative estimate of drug-likeness (QED) is 0.784. The zero-order chi connectivity index (χ0) is 11.5. The summed E-state index contributed by atoms with van der Waals surface area (Å²) in [5, 5.41) is 0.901. The second kappa shape index (κ2) is 4.83. The highest BCUT2D eigenvalue weighted by Crippen LogP contribution is 2.19. The van der Waals surface area contributed by atoms with Gasteiger partial charge in [0.2, 0.25) is 0 Å². The zero-order valence-corrected chi connectivity index (χ0v) is 11.2. The van der Waals surface area contributed by atoms with E-state index < -0.39 is 0 Å².